The maximum atomic E-state index is 12.7. The van der Waals surface area contributed by atoms with Crippen molar-refractivity contribution in [1.82, 2.24) is 14.8 Å². The van der Waals surface area contributed by atoms with Crippen LogP contribution in [0.5, 0.6) is 0 Å². The van der Waals surface area contributed by atoms with Crippen molar-refractivity contribution in [3.8, 4) is 0 Å². The Labute approximate surface area is 143 Å². The van der Waals surface area contributed by atoms with Gasteiger partial charge in [-0.2, -0.15) is 0 Å². The van der Waals surface area contributed by atoms with Crippen molar-refractivity contribution in [1.29, 1.82) is 0 Å². The molecule has 2 aliphatic rings. The van der Waals surface area contributed by atoms with E-state index in [-0.39, 0.29) is 23.3 Å². The van der Waals surface area contributed by atoms with E-state index < -0.39 is 0 Å². The zero-order chi connectivity index (χ0) is 17.3. The third kappa shape index (κ3) is 2.90. The van der Waals surface area contributed by atoms with Crippen molar-refractivity contribution in [2.45, 2.75) is 38.6 Å². The van der Waals surface area contributed by atoms with Crippen molar-refractivity contribution in [2.75, 3.05) is 26.7 Å². The third-order valence-corrected chi connectivity index (χ3v) is 5.73. The quantitative estimate of drug-likeness (QED) is 0.883. The molecule has 3 heterocycles. The first-order chi connectivity index (χ1) is 11.4. The molecule has 1 atom stereocenters. The van der Waals surface area contributed by atoms with Crippen LogP contribution in [-0.4, -0.2) is 59.3 Å². The van der Waals surface area contributed by atoms with Gasteiger partial charge in [0.1, 0.15) is 5.69 Å². The van der Waals surface area contributed by atoms with Gasteiger partial charge >= 0.3 is 0 Å². The summed E-state index contributed by atoms with van der Waals surface area (Å²) in [6.07, 6.45) is 5.39. The summed E-state index contributed by atoms with van der Waals surface area (Å²) in [4.78, 5) is 32.9. The van der Waals surface area contributed by atoms with Gasteiger partial charge in [-0.15, -0.1) is 0 Å². The largest absolute Gasteiger partial charge is 0.368 e. The molecule has 1 spiro atoms. The van der Waals surface area contributed by atoms with Gasteiger partial charge in [-0.3, -0.25) is 19.5 Å². The molecule has 0 saturated carbocycles. The van der Waals surface area contributed by atoms with E-state index in [0.717, 1.165) is 37.8 Å². The summed E-state index contributed by atoms with van der Waals surface area (Å²) in [5, 5.41) is 0. The SMILES string of the molecule is Cc1cccnc1C(=O)N1CCC2(CCCN(C)C2C(N)=O)CC1. The minimum Gasteiger partial charge on any atom is -0.368 e. The predicted molar refractivity (Wildman–Crippen MR) is 91.4 cm³/mol. The fourth-order valence-electron chi connectivity index (χ4n) is 4.47. The molecule has 0 aromatic carbocycles. The monoisotopic (exact) mass is 330 g/mol. The number of piperidine rings is 2. The number of hydrogen-bond donors (Lipinski definition) is 1. The van der Waals surface area contributed by atoms with Crippen molar-refractivity contribution < 1.29 is 9.59 Å². The number of nitrogens with zero attached hydrogens (tertiary/aromatic N) is 3. The van der Waals surface area contributed by atoms with Crippen LogP contribution in [0.1, 0.15) is 41.7 Å². The maximum Gasteiger partial charge on any atom is 0.272 e. The van der Waals surface area contributed by atoms with Crippen LogP contribution >= 0.6 is 0 Å². The second-order valence-corrected chi connectivity index (χ2v) is 7.21. The number of likely N-dealkylation sites (N-methyl/N-ethyl adjacent to an activating group) is 1. The number of nitrogens with two attached hydrogens (primary N) is 1. The molecule has 1 unspecified atom stereocenters. The molecule has 1 aromatic rings. The molecule has 2 fully saturated rings. The number of aromatic nitrogens is 1. The van der Waals surface area contributed by atoms with E-state index in [2.05, 4.69) is 9.88 Å². The van der Waals surface area contributed by atoms with Crippen molar-refractivity contribution in [3.63, 3.8) is 0 Å². The van der Waals surface area contributed by atoms with Gasteiger partial charge < -0.3 is 10.6 Å². The first-order valence-corrected chi connectivity index (χ1v) is 8.65. The number of aryl methyl sites for hydroxylation is 1. The van der Waals surface area contributed by atoms with E-state index in [1.54, 1.807) is 6.20 Å². The summed E-state index contributed by atoms with van der Waals surface area (Å²) in [5.41, 5.74) is 7.04. The number of rotatable bonds is 2. The molecule has 0 radical (unpaired) electrons. The Balaban J connectivity index is 1.74. The summed E-state index contributed by atoms with van der Waals surface area (Å²) in [5.74, 6) is -0.250. The standard InChI is InChI=1S/C18H26N4O2/c1-13-5-3-9-20-14(13)17(24)22-11-7-18(8-12-22)6-4-10-21(2)15(18)16(19)23/h3,5,9,15H,4,6-8,10-12H2,1-2H3,(H2,19,23). The molecule has 130 valence electrons. The lowest BCUT2D eigenvalue weighted by Gasteiger charge is -2.51. The van der Waals surface area contributed by atoms with Crippen LogP contribution in [-0.2, 0) is 4.79 Å². The molecule has 2 aliphatic heterocycles. The highest BCUT2D eigenvalue weighted by Gasteiger charge is 2.48. The average Bonchev–Trinajstić information content (AvgIpc) is 2.55. The minimum atomic E-state index is -0.238. The summed E-state index contributed by atoms with van der Waals surface area (Å²) >= 11 is 0. The summed E-state index contributed by atoms with van der Waals surface area (Å²) < 4.78 is 0. The van der Waals surface area contributed by atoms with E-state index >= 15 is 0 Å². The number of amides is 2. The first kappa shape index (κ1) is 16.9. The molecule has 2 amide bonds. The molecule has 0 aliphatic carbocycles. The van der Waals surface area contributed by atoms with Gasteiger partial charge in [0.25, 0.3) is 5.91 Å². The lowest BCUT2D eigenvalue weighted by molar-refractivity contribution is -0.132. The van der Waals surface area contributed by atoms with Crippen LogP contribution in [0.25, 0.3) is 0 Å². The number of pyridine rings is 1. The second kappa shape index (κ2) is 6.51. The molecular weight excluding hydrogens is 304 g/mol. The maximum absolute atomic E-state index is 12.7. The molecular formula is C18H26N4O2. The molecule has 24 heavy (non-hydrogen) atoms. The Hall–Kier alpha value is -1.95. The highest BCUT2D eigenvalue weighted by atomic mass is 16.2. The van der Waals surface area contributed by atoms with Crippen molar-refractivity contribution in [2.24, 2.45) is 11.1 Å². The fourth-order valence-corrected chi connectivity index (χ4v) is 4.47. The van der Waals surface area contributed by atoms with Crippen LogP contribution in [0.3, 0.4) is 0 Å². The smallest absolute Gasteiger partial charge is 0.272 e. The summed E-state index contributed by atoms with van der Waals surface area (Å²) in [7, 11) is 1.98. The Morgan fingerprint density at radius 1 is 1.25 bits per heavy atom. The van der Waals surface area contributed by atoms with Gasteiger partial charge in [-0.1, -0.05) is 6.07 Å². The molecule has 2 N–H and O–H groups in total. The van der Waals surface area contributed by atoms with E-state index in [4.69, 9.17) is 5.73 Å². The predicted octanol–water partition coefficient (Wildman–Crippen LogP) is 1.19. The van der Waals surface area contributed by atoms with Crippen molar-refractivity contribution in [3.05, 3.63) is 29.6 Å². The van der Waals surface area contributed by atoms with Crippen LogP contribution in [0.2, 0.25) is 0 Å². The fraction of sp³-hybridized carbons (Fsp3) is 0.611. The Bertz CT molecular complexity index is 638. The number of carbonyl (C=O) groups excluding carboxylic acids is 2. The second-order valence-electron chi connectivity index (χ2n) is 7.21. The number of carbonyl (C=O) groups is 2. The minimum absolute atomic E-state index is 0.0114. The van der Waals surface area contributed by atoms with Crippen LogP contribution < -0.4 is 5.73 Å². The molecule has 2 saturated heterocycles. The van der Waals surface area contributed by atoms with Crippen LogP contribution in [0, 0.1) is 12.3 Å². The van der Waals surface area contributed by atoms with E-state index in [9.17, 15) is 9.59 Å². The Kier molecular flexibility index (Phi) is 4.58. The number of likely N-dealkylation sites (tertiary alicyclic amines) is 2. The van der Waals surface area contributed by atoms with E-state index in [1.165, 1.54) is 0 Å². The normalized spacial score (nSPS) is 24.1. The topological polar surface area (TPSA) is 79.5 Å². The van der Waals surface area contributed by atoms with E-state index in [1.807, 2.05) is 31.0 Å². The Morgan fingerprint density at radius 2 is 1.96 bits per heavy atom. The lowest BCUT2D eigenvalue weighted by atomic mass is 9.66. The van der Waals surface area contributed by atoms with Crippen molar-refractivity contribution >= 4 is 11.8 Å². The first-order valence-electron chi connectivity index (χ1n) is 8.65. The van der Waals surface area contributed by atoms with Crippen LogP contribution in [0.4, 0.5) is 0 Å². The van der Waals surface area contributed by atoms with Gasteiger partial charge in [-0.25, -0.2) is 0 Å². The van der Waals surface area contributed by atoms with Crippen LogP contribution in [0.15, 0.2) is 18.3 Å². The number of primary amides is 1. The zero-order valence-corrected chi connectivity index (χ0v) is 14.5. The van der Waals surface area contributed by atoms with Gasteiger partial charge in [0.15, 0.2) is 0 Å². The molecule has 3 rings (SSSR count). The Morgan fingerprint density at radius 3 is 2.58 bits per heavy atom. The third-order valence-electron chi connectivity index (χ3n) is 5.73. The lowest BCUT2D eigenvalue weighted by Crippen LogP contribution is -2.60. The zero-order valence-electron chi connectivity index (χ0n) is 14.5. The molecule has 0 bridgehead atoms. The van der Waals surface area contributed by atoms with Gasteiger partial charge in [0.05, 0.1) is 6.04 Å². The molecule has 6 nitrogen and oxygen atoms in total. The van der Waals surface area contributed by atoms with Gasteiger partial charge in [0.2, 0.25) is 5.91 Å². The van der Waals surface area contributed by atoms with Gasteiger partial charge in [0, 0.05) is 19.3 Å². The van der Waals surface area contributed by atoms with E-state index in [0.29, 0.717) is 18.8 Å². The average molecular weight is 330 g/mol. The summed E-state index contributed by atoms with van der Waals surface area (Å²) in [6, 6.07) is 3.53. The summed E-state index contributed by atoms with van der Waals surface area (Å²) in [6.45, 7) is 4.13. The highest BCUT2D eigenvalue weighted by Crippen LogP contribution is 2.44. The van der Waals surface area contributed by atoms with Gasteiger partial charge in [-0.05, 0) is 63.2 Å². The highest BCUT2D eigenvalue weighted by molar-refractivity contribution is 5.93. The molecule has 6 heteroatoms. The molecule has 1 aromatic heterocycles. The number of hydrogen-bond acceptors (Lipinski definition) is 4.